The molecule has 1 atom stereocenters. The van der Waals surface area contributed by atoms with Gasteiger partial charge in [0.2, 0.25) is 0 Å². The molecule has 110 valence electrons. The van der Waals surface area contributed by atoms with Crippen LogP contribution >= 0.6 is 11.3 Å². The van der Waals surface area contributed by atoms with Crippen molar-refractivity contribution in [3.05, 3.63) is 16.3 Å². The normalized spacial score (nSPS) is 25.6. The Morgan fingerprint density at radius 1 is 1.40 bits per heavy atom. The summed E-state index contributed by atoms with van der Waals surface area (Å²) in [6.45, 7) is 0.726. The van der Waals surface area contributed by atoms with E-state index < -0.39 is 0 Å². The number of hydrogen-bond donors (Lipinski definition) is 0. The first-order valence-corrected chi connectivity index (χ1v) is 8.42. The molecule has 3 rings (SSSR count). The molecule has 0 aromatic carbocycles. The molecule has 2 aliphatic rings. The molecule has 1 unspecified atom stereocenters. The van der Waals surface area contributed by atoms with Crippen LogP contribution in [0.5, 0.6) is 5.75 Å². The van der Waals surface area contributed by atoms with Gasteiger partial charge in [-0.25, -0.2) is 0 Å². The second kappa shape index (κ2) is 5.86. The van der Waals surface area contributed by atoms with E-state index in [1.807, 2.05) is 11.4 Å². The number of carbonyl (C=O) groups excluding carboxylic acids is 1. The van der Waals surface area contributed by atoms with Crippen LogP contribution in [0.2, 0.25) is 0 Å². The minimum absolute atomic E-state index is 0.0126. The van der Waals surface area contributed by atoms with Crippen molar-refractivity contribution in [2.75, 3.05) is 13.7 Å². The molecule has 1 aromatic rings. The molecule has 2 heterocycles. The fourth-order valence-electron chi connectivity index (χ4n) is 3.62. The van der Waals surface area contributed by atoms with Gasteiger partial charge in [0.05, 0.1) is 12.7 Å². The number of rotatable bonds is 3. The summed E-state index contributed by atoms with van der Waals surface area (Å²) in [6.07, 6.45) is 7.78. The zero-order chi connectivity index (χ0) is 14.0. The van der Waals surface area contributed by atoms with E-state index in [1.165, 1.54) is 30.6 Å². The molecular weight excluding hydrogens is 272 g/mol. The molecular formula is C16H22O3S. The fourth-order valence-corrected chi connectivity index (χ4v) is 4.50. The van der Waals surface area contributed by atoms with Gasteiger partial charge < -0.3 is 9.47 Å². The predicted octanol–water partition coefficient (Wildman–Crippen LogP) is 4.07. The van der Waals surface area contributed by atoms with Crippen molar-refractivity contribution < 1.29 is 14.3 Å². The second-order valence-corrected chi connectivity index (χ2v) is 6.88. The summed E-state index contributed by atoms with van der Waals surface area (Å²) in [5.74, 6) is 1.09. The van der Waals surface area contributed by atoms with Crippen LogP contribution in [0.15, 0.2) is 11.4 Å². The lowest BCUT2D eigenvalue weighted by Gasteiger charge is -2.43. The van der Waals surface area contributed by atoms with Gasteiger partial charge in [0, 0.05) is 12.5 Å². The third-order valence-electron chi connectivity index (χ3n) is 4.70. The summed E-state index contributed by atoms with van der Waals surface area (Å²) in [5, 5.41) is 1.93. The molecule has 1 aromatic heterocycles. The SMILES string of the molecule is COc1ccsc1C(=O)C1CCOC2(CCCCC2)C1. The number of methoxy groups -OCH3 is 1. The van der Waals surface area contributed by atoms with Gasteiger partial charge in [0.1, 0.15) is 10.6 Å². The molecule has 1 aliphatic carbocycles. The topological polar surface area (TPSA) is 35.5 Å². The monoisotopic (exact) mass is 294 g/mol. The number of ketones is 1. The first-order chi connectivity index (χ1) is 9.74. The maximum atomic E-state index is 12.7. The van der Waals surface area contributed by atoms with Crippen molar-refractivity contribution in [2.24, 2.45) is 5.92 Å². The van der Waals surface area contributed by atoms with Crippen LogP contribution in [0.1, 0.15) is 54.6 Å². The van der Waals surface area contributed by atoms with Gasteiger partial charge in [-0.3, -0.25) is 4.79 Å². The van der Waals surface area contributed by atoms with Crippen molar-refractivity contribution >= 4 is 17.1 Å². The maximum Gasteiger partial charge on any atom is 0.179 e. The van der Waals surface area contributed by atoms with E-state index >= 15 is 0 Å². The van der Waals surface area contributed by atoms with E-state index in [9.17, 15) is 4.79 Å². The van der Waals surface area contributed by atoms with Crippen LogP contribution in [-0.2, 0) is 4.74 Å². The number of Topliss-reactive ketones (excluding diaryl/α,β-unsaturated/α-hetero) is 1. The molecule has 1 saturated heterocycles. The van der Waals surface area contributed by atoms with Crippen LogP contribution in [0.25, 0.3) is 0 Å². The molecule has 20 heavy (non-hydrogen) atoms. The zero-order valence-corrected chi connectivity index (χ0v) is 12.8. The largest absolute Gasteiger partial charge is 0.495 e. The highest BCUT2D eigenvalue weighted by atomic mass is 32.1. The standard InChI is InChI=1S/C16H22O3S/c1-18-13-6-10-20-15(13)14(17)12-5-9-19-16(11-12)7-3-2-4-8-16/h6,10,12H,2-5,7-9,11H2,1H3. The third kappa shape index (κ3) is 2.63. The summed E-state index contributed by atoms with van der Waals surface area (Å²) in [5.41, 5.74) is -0.0126. The van der Waals surface area contributed by atoms with Crippen molar-refractivity contribution in [2.45, 2.75) is 50.5 Å². The van der Waals surface area contributed by atoms with Crippen LogP contribution in [0.3, 0.4) is 0 Å². The van der Waals surface area contributed by atoms with Gasteiger partial charge in [-0.2, -0.15) is 0 Å². The van der Waals surface area contributed by atoms with E-state index in [4.69, 9.17) is 9.47 Å². The average molecular weight is 294 g/mol. The molecule has 1 spiro atoms. The van der Waals surface area contributed by atoms with Crippen LogP contribution in [-0.4, -0.2) is 25.1 Å². The first-order valence-electron chi connectivity index (χ1n) is 7.54. The van der Waals surface area contributed by atoms with Gasteiger partial charge in [-0.1, -0.05) is 19.3 Å². The molecule has 0 bridgehead atoms. The third-order valence-corrected chi connectivity index (χ3v) is 5.61. The lowest BCUT2D eigenvalue weighted by atomic mass is 9.75. The number of ether oxygens (including phenoxy) is 2. The first kappa shape index (κ1) is 14.1. The second-order valence-electron chi connectivity index (χ2n) is 5.96. The fraction of sp³-hybridized carbons (Fsp3) is 0.688. The molecule has 1 saturated carbocycles. The Hall–Kier alpha value is -0.870. The number of thiophene rings is 1. The van der Waals surface area contributed by atoms with E-state index in [1.54, 1.807) is 7.11 Å². The molecule has 3 nitrogen and oxygen atoms in total. The predicted molar refractivity (Wildman–Crippen MR) is 79.7 cm³/mol. The van der Waals surface area contributed by atoms with Crippen LogP contribution in [0, 0.1) is 5.92 Å². The summed E-state index contributed by atoms with van der Waals surface area (Å²) >= 11 is 1.50. The van der Waals surface area contributed by atoms with Gasteiger partial charge in [-0.15, -0.1) is 11.3 Å². The zero-order valence-electron chi connectivity index (χ0n) is 12.0. The quantitative estimate of drug-likeness (QED) is 0.788. The molecule has 2 fully saturated rings. The van der Waals surface area contributed by atoms with Crippen molar-refractivity contribution in [1.82, 2.24) is 0 Å². The van der Waals surface area contributed by atoms with Crippen molar-refractivity contribution in [3.63, 3.8) is 0 Å². The van der Waals surface area contributed by atoms with E-state index in [2.05, 4.69) is 0 Å². The van der Waals surface area contributed by atoms with Crippen molar-refractivity contribution in [1.29, 1.82) is 0 Å². The molecule has 0 N–H and O–H groups in total. The Labute approximate surface area is 124 Å². The summed E-state index contributed by atoms with van der Waals surface area (Å²) in [6, 6.07) is 1.88. The molecule has 0 amide bonds. The average Bonchev–Trinajstić information content (AvgIpc) is 2.96. The Kier molecular flexibility index (Phi) is 4.13. The lowest BCUT2D eigenvalue weighted by molar-refractivity contribution is -0.111. The summed E-state index contributed by atoms with van der Waals surface area (Å²) < 4.78 is 11.4. The number of hydrogen-bond acceptors (Lipinski definition) is 4. The molecule has 0 radical (unpaired) electrons. The summed E-state index contributed by atoms with van der Waals surface area (Å²) in [7, 11) is 1.63. The Bertz CT molecular complexity index is 468. The lowest BCUT2D eigenvalue weighted by Crippen LogP contribution is -2.43. The van der Waals surface area contributed by atoms with Gasteiger partial charge >= 0.3 is 0 Å². The van der Waals surface area contributed by atoms with E-state index in [-0.39, 0.29) is 17.3 Å². The summed E-state index contributed by atoms with van der Waals surface area (Å²) in [4.78, 5) is 13.5. The van der Waals surface area contributed by atoms with Crippen LogP contribution in [0.4, 0.5) is 0 Å². The highest BCUT2D eigenvalue weighted by molar-refractivity contribution is 7.12. The Morgan fingerprint density at radius 2 is 2.20 bits per heavy atom. The number of carbonyl (C=O) groups is 1. The van der Waals surface area contributed by atoms with Gasteiger partial charge in [0.15, 0.2) is 5.78 Å². The minimum atomic E-state index is -0.0126. The Morgan fingerprint density at radius 3 is 2.95 bits per heavy atom. The van der Waals surface area contributed by atoms with E-state index in [0.717, 1.165) is 42.9 Å². The maximum absolute atomic E-state index is 12.7. The Balaban J connectivity index is 1.75. The molecule has 4 heteroatoms. The van der Waals surface area contributed by atoms with Crippen LogP contribution < -0.4 is 4.74 Å². The van der Waals surface area contributed by atoms with Gasteiger partial charge in [-0.05, 0) is 37.1 Å². The van der Waals surface area contributed by atoms with Crippen molar-refractivity contribution in [3.8, 4) is 5.75 Å². The highest BCUT2D eigenvalue weighted by Gasteiger charge is 2.41. The van der Waals surface area contributed by atoms with Gasteiger partial charge in [0.25, 0.3) is 0 Å². The van der Waals surface area contributed by atoms with E-state index in [0.29, 0.717) is 0 Å². The minimum Gasteiger partial charge on any atom is -0.495 e. The highest BCUT2D eigenvalue weighted by Crippen LogP contribution is 2.42. The smallest absolute Gasteiger partial charge is 0.179 e. The molecule has 1 aliphatic heterocycles.